The van der Waals surface area contributed by atoms with Gasteiger partial charge in [-0.3, -0.25) is 9.59 Å². The lowest BCUT2D eigenvalue weighted by atomic mass is 9.91. The molecule has 2 aromatic rings. The van der Waals surface area contributed by atoms with Crippen LogP contribution in [0.15, 0.2) is 48.5 Å². The number of para-hydroxylation sites is 1. The van der Waals surface area contributed by atoms with Crippen LogP contribution in [0, 0.1) is 17.7 Å². The quantitative estimate of drug-likeness (QED) is 0.815. The van der Waals surface area contributed by atoms with E-state index in [1.807, 2.05) is 4.90 Å². The van der Waals surface area contributed by atoms with Crippen molar-refractivity contribution in [3.05, 3.63) is 59.9 Å². The second-order valence-corrected chi connectivity index (χ2v) is 7.91. The van der Waals surface area contributed by atoms with Crippen LogP contribution < -0.4 is 10.1 Å². The van der Waals surface area contributed by atoms with Crippen LogP contribution in [0.5, 0.6) is 5.75 Å². The number of anilines is 1. The number of benzene rings is 2. The number of nitrogens with zero attached hydrogens (tertiary/aromatic N) is 1. The number of piperidine rings is 1. The van der Waals surface area contributed by atoms with Gasteiger partial charge in [-0.05, 0) is 61.6 Å². The molecule has 0 aromatic heterocycles. The van der Waals surface area contributed by atoms with Crippen molar-refractivity contribution in [2.45, 2.75) is 33.3 Å². The molecule has 3 rings (SSSR count). The summed E-state index contributed by atoms with van der Waals surface area (Å²) in [6, 6.07) is 12.5. The highest BCUT2D eigenvalue weighted by atomic mass is 19.1. The molecule has 1 saturated heterocycles. The average Bonchev–Trinajstić information content (AvgIpc) is 2.69. The van der Waals surface area contributed by atoms with Crippen LogP contribution in [0.2, 0.25) is 0 Å². The Balaban J connectivity index is 1.70. The summed E-state index contributed by atoms with van der Waals surface area (Å²) in [6.07, 6.45) is 0.305. The molecule has 6 heteroatoms. The predicted molar refractivity (Wildman–Crippen MR) is 110 cm³/mol. The molecule has 1 aliphatic heterocycles. The van der Waals surface area contributed by atoms with Gasteiger partial charge in [0.15, 0.2) is 6.10 Å². The van der Waals surface area contributed by atoms with Gasteiger partial charge in [0.1, 0.15) is 11.6 Å². The first kappa shape index (κ1) is 20.8. The molecule has 29 heavy (non-hydrogen) atoms. The Bertz CT molecular complexity index is 859. The number of carbonyl (C=O) groups is 2. The highest BCUT2D eigenvalue weighted by Gasteiger charge is 2.28. The van der Waals surface area contributed by atoms with Gasteiger partial charge in [-0.2, -0.15) is 0 Å². The first-order valence-electron chi connectivity index (χ1n) is 9.95. The zero-order valence-electron chi connectivity index (χ0n) is 17.0. The van der Waals surface area contributed by atoms with Gasteiger partial charge in [0.05, 0.1) is 11.3 Å². The number of carbonyl (C=O) groups excluding carboxylic acids is 2. The number of amides is 2. The van der Waals surface area contributed by atoms with E-state index in [-0.39, 0.29) is 17.6 Å². The van der Waals surface area contributed by atoms with Gasteiger partial charge in [0, 0.05) is 13.1 Å². The van der Waals surface area contributed by atoms with Gasteiger partial charge in [0.25, 0.3) is 11.8 Å². The molecule has 1 heterocycles. The van der Waals surface area contributed by atoms with E-state index < -0.39 is 6.10 Å². The van der Waals surface area contributed by atoms with Crippen LogP contribution in [-0.4, -0.2) is 35.9 Å². The number of hydrogen-bond acceptors (Lipinski definition) is 3. The van der Waals surface area contributed by atoms with E-state index in [1.54, 1.807) is 31.2 Å². The fraction of sp³-hybridized carbons (Fsp3) is 0.391. The third-order valence-electron chi connectivity index (χ3n) is 5.07. The molecule has 2 aromatic carbocycles. The Hall–Kier alpha value is -2.89. The number of hydrogen-bond donors (Lipinski definition) is 1. The van der Waals surface area contributed by atoms with Crippen molar-refractivity contribution in [3.63, 3.8) is 0 Å². The highest BCUT2D eigenvalue weighted by molar-refractivity contribution is 6.04. The van der Waals surface area contributed by atoms with Crippen molar-refractivity contribution >= 4 is 17.5 Å². The van der Waals surface area contributed by atoms with Crippen molar-refractivity contribution in [2.75, 3.05) is 18.4 Å². The van der Waals surface area contributed by atoms with Crippen molar-refractivity contribution in [2.24, 2.45) is 11.8 Å². The summed E-state index contributed by atoms with van der Waals surface area (Å²) in [5, 5.41) is 2.80. The minimum absolute atomic E-state index is 0.0774. The van der Waals surface area contributed by atoms with Crippen molar-refractivity contribution in [1.82, 2.24) is 4.90 Å². The molecular weight excluding hydrogens is 371 g/mol. The lowest BCUT2D eigenvalue weighted by molar-refractivity contribution is -0.122. The van der Waals surface area contributed by atoms with E-state index in [0.29, 0.717) is 28.8 Å². The summed E-state index contributed by atoms with van der Waals surface area (Å²) in [5.74, 6) is 0.474. The number of nitrogens with one attached hydrogen (secondary N) is 1. The van der Waals surface area contributed by atoms with E-state index in [2.05, 4.69) is 19.2 Å². The van der Waals surface area contributed by atoms with Crippen molar-refractivity contribution in [1.29, 1.82) is 0 Å². The van der Waals surface area contributed by atoms with Crippen LogP contribution in [0.1, 0.15) is 37.6 Å². The summed E-state index contributed by atoms with van der Waals surface area (Å²) in [6.45, 7) is 7.35. The van der Waals surface area contributed by atoms with Crippen LogP contribution in [-0.2, 0) is 4.79 Å². The van der Waals surface area contributed by atoms with Crippen LogP contribution in [0.3, 0.4) is 0 Å². The summed E-state index contributed by atoms with van der Waals surface area (Å²) in [4.78, 5) is 27.6. The third-order valence-corrected chi connectivity index (χ3v) is 5.07. The standard InChI is InChI=1S/C23H27FN2O3/c1-15-12-16(2)14-26(13-15)23(28)20-6-4-5-7-21(20)25-22(27)17(3)29-19-10-8-18(24)9-11-19/h4-11,15-17H,12-14H2,1-3H3,(H,25,27). The largest absolute Gasteiger partial charge is 0.481 e. The molecule has 0 spiro atoms. The maximum atomic E-state index is 13.1. The second-order valence-electron chi connectivity index (χ2n) is 7.91. The number of rotatable bonds is 5. The Kier molecular flexibility index (Phi) is 6.52. The summed E-state index contributed by atoms with van der Waals surface area (Å²) < 4.78 is 18.6. The smallest absolute Gasteiger partial charge is 0.265 e. The van der Waals surface area contributed by atoms with Crippen LogP contribution >= 0.6 is 0 Å². The summed E-state index contributed by atoms with van der Waals surface area (Å²) >= 11 is 0. The number of halogens is 1. The monoisotopic (exact) mass is 398 g/mol. The van der Waals surface area contributed by atoms with Crippen molar-refractivity contribution < 1.29 is 18.7 Å². The normalized spacial score (nSPS) is 20.1. The van der Waals surface area contributed by atoms with E-state index in [9.17, 15) is 14.0 Å². The van der Waals surface area contributed by atoms with Gasteiger partial charge in [-0.15, -0.1) is 0 Å². The zero-order chi connectivity index (χ0) is 21.0. The predicted octanol–water partition coefficient (Wildman–Crippen LogP) is 4.35. The van der Waals surface area contributed by atoms with E-state index in [1.165, 1.54) is 24.3 Å². The number of likely N-dealkylation sites (tertiary alicyclic amines) is 1. The first-order valence-corrected chi connectivity index (χ1v) is 9.95. The molecule has 1 fully saturated rings. The average molecular weight is 398 g/mol. The van der Waals surface area contributed by atoms with Gasteiger partial charge < -0.3 is 15.0 Å². The lowest BCUT2D eigenvalue weighted by Crippen LogP contribution is -2.43. The maximum absolute atomic E-state index is 13.1. The molecular formula is C23H27FN2O3. The molecule has 1 N–H and O–H groups in total. The van der Waals surface area contributed by atoms with Crippen LogP contribution in [0.4, 0.5) is 10.1 Å². The molecule has 0 bridgehead atoms. The summed E-state index contributed by atoms with van der Waals surface area (Å²) in [7, 11) is 0. The Morgan fingerprint density at radius 3 is 2.34 bits per heavy atom. The van der Waals surface area contributed by atoms with Gasteiger partial charge in [-0.25, -0.2) is 4.39 Å². The molecule has 0 saturated carbocycles. The molecule has 0 aliphatic carbocycles. The molecule has 1 aliphatic rings. The number of ether oxygens (including phenoxy) is 1. The first-order chi connectivity index (χ1) is 13.8. The molecule has 3 unspecified atom stereocenters. The summed E-state index contributed by atoms with van der Waals surface area (Å²) in [5.41, 5.74) is 0.930. The molecule has 5 nitrogen and oxygen atoms in total. The Morgan fingerprint density at radius 2 is 1.69 bits per heavy atom. The minimum Gasteiger partial charge on any atom is -0.481 e. The molecule has 0 radical (unpaired) electrons. The lowest BCUT2D eigenvalue weighted by Gasteiger charge is -2.35. The molecule has 154 valence electrons. The Morgan fingerprint density at radius 1 is 1.07 bits per heavy atom. The molecule has 2 amide bonds. The SMILES string of the molecule is CC1CC(C)CN(C(=O)c2ccccc2NC(=O)C(C)Oc2ccc(F)cc2)C1. The van der Waals surface area contributed by atoms with Gasteiger partial charge >= 0.3 is 0 Å². The minimum atomic E-state index is -0.807. The molecule has 3 atom stereocenters. The highest BCUT2D eigenvalue weighted by Crippen LogP contribution is 2.25. The third kappa shape index (κ3) is 5.34. The maximum Gasteiger partial charge on any atom is 0.265 e. The topological polar surface area (TPSA) is 58.6 Å². The second kappa shape index (κ2) is 9.07. The van der Waals surface area contributed by atoms with E-state index in [0.717, 1.165) is 19.5 Å². The zero-order valence-corrected chi connectivity index (χ0v) is 17.0. The van der Waals surface area contributed by atoms with Gasteiger partial charge in [-0.1, -0.05) is 26.0 Å². The van der Waals surface area contributed by atoms with E-state index in [4.69, 9.17) is 4.74 Å². The van der Waals surface area contributed by atoms with Gasteiger partial charge in [0.2, 0.25) is 0 Å². The van der Waals surface area contributed by atoms with Crippen LogP contribution in [0.25, 0.3) is 0 Å². The van der Waals surface area contributed by atoms with Crippen molar-refractivity contribution in [3.8, 4) is 5.75 Å². The Labute approximate surface area is 170 Å². The fourth-order valence-corrected chi connectivity index (χ4v) is 3.78. The fourth-order valence-electron chi connectivity index (χ4n) is 3.78. The van der Waals surface area contributed by atoms with E-state index >= 15 is 0 Å².